The summed E-state index contributed by atoms with van der Waals surface area (Å²) >= 11 is 0. The standard InChI is InChI=1S/C26H46N2/c1-4-7-9-11-24(10-8-5-2)22-28-20-17-26(18-21-28)25-14-12-23(13-15-25)16-19-27-6-3/h12-15,24,26-27H,4-11,16-22H2,1-3H3. The maximum atomic E-state index is 3.42. The number of benzene rings is 1. The molecule has 2 nitrogen and oxygen atoms in total. The summed E-state index contributed by atoms with van der Waals surface area (Å²) in [6.45, 7) is 12.9. The third-order valence-electron chi connectivity index (χ3n) is 6.58. The van der Waals surface area contributed by atoms with E-state index in [1.165, 1.54) is 83.0 Å². The Labute approximate surface area is 175 Å². The van der Waals surface area contributed by atoms with Gasteiger partial charge in [-0.1, -0.05) is 77.1 Å². The van der Waals surface area contributed by atoms with E-state index in [0.29, 0.717) is 0 Å². The molecular weight excluding hydrogens is 340 g/mol. The molecule has 1 unspecified atom stereocenters. The van der Waals surface area contributed by atoms with Crippen LogP contribution < -0.4 is 5.32 Å². The number of unbranched alkanes of at least 4 members (excludes halogenated alkanes) is 3. The van der Waals surface area contributed by atoms with Gasteiger partial charge in [0.25, 0.3) is 0 Å². The molecule has 1 aromatic rings. The van der Waals surface area contributed by atoms with Crippen LogP contribution in [0.1, 0.15) is 95.6 Å². The molecule has 0 aliphatic carbocycles. The predicted octanol–water partition coefficient (Wildman–Crippen LogP) is 6.40. The van der Waals surface area contributed by atoms with Crippen molar-refractivity contribution in [2.45, 2.75) is 90.9 Å². The summed E-state index contributed by atoms with van der Waals surface area (Å²) in [4.78, 5) is 2.77. The van der Waals surface area contributed by atoms with Gasteiger partial charge < -0.3 is 10.2 Å². The first-order valence-electron chi connectivity index (χ1n) is 12.3. The third kappa shape index (κ3) is 8.66. The van der Waals surface area contributed by atoms with Crippen molar-refractivity contribution in [1.82, 2.24) is 10.2 Å². The fourth-order valence-electron chi connectivity index (χ4n) is 4.68. The molecule has 160 valence electrons. The van der Waals surface area contributed by atoms with Gasteiger partial charge in [-0.2, -0.15) is 0 Å². The summed E-state index contributed by atoms with van der Waals surface area (Å²) in [6.07, 6.45) is 13.7. The van der Waals surface area contributed by atoms with Gasteiger partial charge in [0, 0.05) is 6.54 Å². The van der Waals surface area contributed by atoms with Crippen molar-refractivity contribution in [2.75, 3.05) is 32.7 Å². The minimum absolute atomic E-state index is 0.772. The third-order valence-corrected chi connectivity index (χ3v) is 6.58. The molecule has 0 spiro atoms. The van der Waals surface area contributed by atoms with Gasteiger partial charge in [0.2, 0.25) is 0 Å². The normalized spacial score (nSPS) is 17.1. The molecular formula is C26H46N2. The molecule has 1 N–H and O–H groups in total. The smallest absolute Gasteiger partial charge is 0.000966 e. The summed E-state index contributed by atoms with van der Waals surface area (Å²) in [6, 6.07) is 9.51. The number of hydrogen-bond acceptors (Lipinski definition) is 2. The molecule has 1 aromatic carbocycles. The summed E-state index contributed by atoms with van der Waals surface area (Å²) < 4.78 is 0. The van der Waals surface area contributed by atoms with E-state index in [1.807, 2.05) is 0 Å². The summed E-state index contributed by atoms with van der Waals surface area (Å²) in [5.41, 5.74) is 3.03. The van der Waals surface area contributed by atoms with Crippen molar-refractivity contribution in [2.24, 2.45) is 5.92 Å². The summed E-state index contributed by atoms with van der Waals surface area (Å²) in [5.74, 6) is 1.70. The van der Waals surface area contributed by atoms with Gasteiger partial charge in [-0.05, 0) is 81.2 Å². The highest BCUT2D eigenvalue weighted by atomic mass is 15.1. The Hall–Kier alpha value is -0.860. The highest BCUT2D eigenvalue weighted by Gasteiger charge is 2.22. The van der Waals surface area contributed by atoms with Crippen LogP contribution in [0.15, 0.2) is 24.3 Å². The molecule has 1 saturated heterocycles. The molecule has 0 bridgehead atoms. The Morgan fingerprint density at radius 2 is 1.61 bits per heavy atom. The van der Waals surface area contributed by atoms with Gasteiger partial charge in [-0.25, -0.2) is 0 Å². The largest absolute Gasteiger partial charge is 0.317 e. The zero-order valence-electron chi connectivity index (χ0n) is 19.0. The highest BCUT2D eigenvalue weighted by Crippen LogP contribution is 2.29. The monoisotopic (exact) mass is 386 g/mol. The Kier molecular flexibility index (Phi) is 11.9. The molecule has 1 heterocycles. The minimum Gasteiger partial charge on any atom is -0.317 e. The second kappa shape index (κ2) is 14.2. The van der Waals surface area contributed by atoms with E-state index >= 15 is 0 Å². The molecule has 1 fully saturated rings. The Morgan fingerprint density at radius 1 is 0.929 bits per heavy atom. The van der Waals surface area contributed by atoms with Gasteiger partial charge in [0.1, 0.15) is 0 Å². The van der Waals surface area contributed by atoms with Crippen LogP contribution >= 0.6 is 0 Å². The topological polar surface area (TPSA) is 15.3 Å². The number of nitrogens with one attached hydrogen (secondary N) is 1. The van der Waals surface area contributed by atoms with Gasteiger partial charge in [-0.3, -0.25) is 0 Å². The van der Waals surface area contributed by atoms with E-state index in [0.717, 1.165) is 31.3 Å². The summed E-state index contributed by atoms with van der Waals surface area (Å²) in [5, 5.41) is 3.42. The first kappa shape index (κ1) is 23.4. The zero-order valence-corrected chi connectivity index (χ0v) is 19.0. The molecule has 0 radical (unpaired) electrons. The van der Waals surface area contributed by atoms with Crippen molar-refractivity contribution in [3.8, 4) is 0 Å². The van der Waals surface area contributed by atoms with Crippen LogP contribution in [-0.4, -0.2) is 37.6 Å². The van der Waals surface area contributed by atoms with Crippen LogP contribution in [0, 0.1) is 5.92 Å². The summed E-state index contributed by atoms with van der Waals surface area (Å²) in [7, 11) is 0. The van der Waals surface area contributed by atoms with Gasteiger partial charge >= 0.3 is 0 Å². The molecule has 0 amide bonds. The average Bonchev–Trinajstić information content (AvgIpc) is 2.73. The van der Waals surface area contributed by atoms with Crippen molar-refractivity contribution < 1.29 is 0 Å². The number of hydrogen-bond donors (Lipinski definition) is 1. The maximum Gasteiger partial charge on any atom is 0.000966 e. The van der Waals surface area contributed by atoms with Gasteiger partial charge in [-0.15, -0.1) is 0 Å². The second-order valence-corrected chi connectivity index (χ2v) is 8.92. The molecule has 0 aromatic heterocycles. The fourth-order valence-corrected chi connectivity index (χ4v) is 4.68. The van der Waals surface area contributed by atoms with Crippen molar-refractivity contribution in [3.05, 3.63) is 35.4 Å². The van der Waals surface area contributed by atoms with Crippen LogP contribution in [0.5, 0.6) is 0 Å². The molecule has 2 rings (SSSR count). The lowest BCUT2D eigenvalue weighted by molar-refractivity contribution is 0.171. The molecule has 0 saturated carbocycles. The minimum atomic E-state index is 0.772. The van der Waals surface area contributed by atoms with E-state index in [2.05, 4.69) is 55.3 Å². The maximum absolute atomic E-state index is 3.42. The lowest BCUT2D eigenvalue weighted by Gasteiger charge is -2.34. The van der Waals surface area contributed by atoms with Crippen LogP contribution in [0.25, 0.3) is 0 Å². The Balaban J connectivity index is 1.75. The van der Waals surface area contributed by atoms with E-state index in [1.54, 1.807) is 5.56 Å². The van der Waals surface area contributed by atoms with Crippen molar-refractivity contribution in [3.63, 3.8) is 0 Å². The van der Waals surface area contributed by atoms with Crippen molar-refractivity contribution in [1.29, 1.82) is 0 Å². The lowest BCUT2D eigenvalue weighted by atomic mass is 9.87. The molecule has 2 heteroatoms. The Bertz CT molecular complexity index is 488. The van der Waals surface area contributed by atoms with Crippen LogP contribution in [-0.2, 0) is 6.42 Å². The average molecular weight is 387 g/mol. The lowest BCUT2D eigenvalue weighted by Crippen LogP contribution is -2.36. The quantitative estimate of drug-likeness (QED) is 0.372. The number of rotatable bonds is 14. The highest BCUT2D eigenvalue weighted by molar-refractivity contribution is 5.26. The number of nitrogens with zero attached hydrogens (tertiary/aromatic N) is 1. The van der Waals surface area contributed by atoms with E-state index in [-0.39, 0.29) is 0 Å². The first-order chi connectivity index (χ1) is 13.8. The first-order valence-corrected chi connectivity index (χ1v) is 12.3. The van der Waals surface area contributed by atoms with E-state index < -0.39 is 0 Å². The number of piperidine rings is 1. The fraction of sp³-hybridized carbons (Fsp3) is 0.769. The number of likely N-dealkylation sites (N-methyl/N-ethyl adjacent to an activating group) is 1. The van der Waals surface area contributed by atoms with E-state index in [4.69, 9.17) is 0 Å². The van der Waals surface area contributed by atoms with Crippen molar-refractivity contribution >= 4 is 0 Å². The molecule has 1 aliphatic heterocycles. The predicted molar refractivity (Wildman–Crippen MR) is 124 cm³/mol. The molecule has 1 aliphatic rings. The molecule has 28 heavy (non-hydrogen) atoms. The Morgan fingerprint density at radius 3 is 2.25 bits per heavy atom. The number of likely N-dealkylation sites (tertiary alicyclic amines) is 1. The second-order valence-electron chi connectivity index (χ2n) is 8.92. The van der Waals surface area contributed by atoms with Gasteiger partial charge in [0.05, 0.1) is 0 Å². The zero-order chi connectivity index (χ0) is 20.0. The van der Waals surface area contributed by atoms with Crippen LogP contribution in [0.2, 0.25) is 0 Å². The molecule has 1 atom stereocenters. The SMILES string of the molecule is CCCCCC(CCCC)CN1CCC(c2ccc(CCNCC)cc2)CC1. The van der Waals surface area contributed by atoms with Crippen LogP contribution in [0.3, 0.4) is 0 Å². The van der Waals surface area contributed by atoms with Crippen LogP contribution in [0.4, 0.5) is 0 Å². The van der Waals surface area contributed by atoms with E-state index in [9.17, 15) is 0 Å². The van der Waals surface area contributed by atoms with Gasteiger partial charge in [0.15, 0.2) is 0 Å².